The number of rotatable bonds is 6. The van der Waals surface area contributed by atoms with Crippen molar-refractivity contribution in [3.05, 3.63) is 81.1 Å². The zero-order valence-electron chi connectivity index (χ0n) is 17.8. The SMILES string of the molecule is CONc1ccc(C(F)(F)F)cc1-c1ccc(-c2nc(-c3ccc(Cl)c(Cl)c3)cs2)cc1C(=O)O. The Morgan fingerprint density at radius 2 is 1.74 bits per heavy atom. The highest BCUT2D eigenvalue weighted by Crippen LogP contribution is 2.39. The molecule has 180 valence electrons. The number of alkyl halides is 3. The van der Waals surface area contributed by atoms with Crippen LogP contribution < -0.4 is 5.48 Å². The number of hydrogen-bond acceptors (Lipinski definition) is 5. The van der Waals surface area contributed by atoms with E-state index < -0.39 is 17.7 Å². The fourth-order valence-electron chi connectivity index (χ4n) is 3.43. The summed E-state index contributed by atoms with van der Waals surface area (Å²) < 4.78 is 40.0. The quantitative estimate of drug-likeness (QED) is 0.242. The highest BCUT2D eigenvalue weighted by molar-refractivity contribution is 7.13. The molecule has 11 heteroatoms. The van der Waals surface area contributed by atoms with Crippen molar-refractivity contribution in [2.75, 3.05) is 12.6 Å². The Morgan fingerprint density at radius 3 is 2.40 bits per heavy atom. The predicted octanol–water partition coefficient (Wildman–Crippen LogP) is 8.14. The van der Waals surface area contributed by atoms with E-state index in [1.807, 2.05) is 0 Å². The molecule has 0 fully saturated rings. The van der Waals surface area contributed by atoms with Gasteiger partial charge in [-0.05, 0) is 42.0 Å². The van der Waals surface area contributed by atoms with Gasteiger partial charge in [0.2, 0.25) is 0 Å². The van der Waals surface area contributed by atoms with Gasteiger partial charge in [-0.3, -0.25) is 10.3 Å². The van der Waals surface area contributed by atoms with Crippen LogP contribution in [-0.2, 0) is 11.0 Å². The third kappa shape index (κ3) is 5.28. The molecule has 0 aliphatic carbocycles. The van der Waals surface area contributed by atoms with Gasteiger partial charge in [0.05, 0.1) is 39.7 Å². The molecule has 2 N–H and O–H groups in total. The first kappa shape index (κ1) is 25.0. The van der Waals surface area contributed by atoms with Gasteiger partial charge in [-0.25, -0.2) is 9.78 Å². The van der Waals surface area contributed by atoms with Crippen LogP contribution in [0.1, 0.15) is 15.9 Å². The van der Waals surface area contributed by atoms with Crippen LogP contribution in [0.25, 0.3) is 33.0 Å². The first-order valence-corrected chi connectivity index (χ1v) is 11.5. The van der Waals surface area contributed by atoms with Crippen molar-refractivity contribution in [3.63, 3.8) is 0 Å². The summed E-state index contributed by atoms with van der Waals surface area (Å²) in [6.07, 6.45) is -4.61. The number of carboxylic acid groups (broad SMARTS) is 1. The van der Waals surface area contributed by atoms with Crippen LogP contribution in [0.4, 0.5) is 18.9 Å². The zero-order chi connectivity index (χ0) is 25.3. The van der Waals surface area contributed by atoms with E-state index >= 15 is 0 Å². The molecule has 0 bridgehead atoms. The summed E-state index contributed by atoms with van der Waals surface area (Å²) in [6.45, 7) is 0. The maximum Gasteiger partial charge on any atom is 0.416 e. The molecule has 3 aromatic carbocycles. The topological polar surface area (TPSA) is 71.5 Å². The largest absolute Gasteiger partial charge is 0.478 e. The Hall–Kier alpha value is -3.11. The second-order valence-electron chi connectivity index (χ2n) is 7.30. The molecule has 35 heavy (non-hydrogen) atoms. The molecule has 0 amide bonds. The Bertz CT molecular complexity index is 1420. The number of hydrogen-bond donors (Lipinski definition) is 2. The summed E-state index contributed by atoms with van der Waals surface area (Å²) in [5, 5.41) is 13.0. The van der Waals surface area contributed by atoms with E-state index in [1.54, 1.807) is 29.6 Å². The summed E-state index contributed by atoms with van der Waals surface area (Å²) >= 11 is 13.3. The molecular weight excluding hydrogens is 524 g/mol. The highest BCUT2D eigenvalue weighted by Gasteiger charge is 2.31. The van der Waals surface area contributed by atoms with Gasteiger partial charge in [0, 0.05) is 22.1 Å². The van der Waals surface area contributed by atoms with Crippen LogP contribution in [-0.4, -0.2) is 23.2 Å². The number of aromatic nitrogens is 1. The minimum absolute atomic E-state index is 0.0289. The molecule has 4 rings (SSSR count). The summed E-state index contributed by atoms with van der Waals surface area (Å²) in [4.78, 5) is 21.5. The first-order chi connectivity index (χ1) is 16.6. The minimum atomic E-state index is -4.61. The molecule has 0 unspecified atom stereocenters. The number of nitrogens with one attached hydrogen (secondary N) is 1. The van der Waals surface area contributed by atoms with Gasteiger partial charge >= 0.3 is 12.1 Å². The Labute approximate surface area is 211 Å². The van der Waals surface area contributed by atoms with Crippen LogP contribution in [0.5, 0.6) is 0 Å². The molecule has 0 saturated carbocycles. The van der Waals surface area contributed by atoms with E-state index in [0.29, 0.717) is 26.3 Å². The Balaban J connectivity index is 1.80. The Morgan fingerprint density at radius 1 is 1.00 bits per heavy atom. The number of thiazole rings is 1. The fourth-order valence-corrected chi connectivity index (χ4v) is 4.55. The van der Waals surface area contributed by atoms with E-state index in [1.165, 1.54) is 36.6 Å². The summed E-state index contributed by atoms with van der Waals surface area (Å²) in [7, 11) is 1.30. The summed E-state index contributed by atoms with van der Waals surface area (Å²) in [5.41, 5.74) is 3.56. The number of carboxylic acids is 1. The first-order valence-electron chi connectivity index (χ1n) is 9.87. The van der Waals surface area contributed by atoms with Crippen molar-refractivity contribution in [2.24, 2.45) is 0 Å². The third-order valence-corrected chi connectivity index (χ3v) is 6.70. The number of anilines is 1. The number of aromatic carboxylic acids is 1. The average molecular weight is 539 g/mol. The number of nitrogens with zero attached hydrogens (tertiary/aromatic N) is 1. The summed E-state index contributed by atoms with van der Waals surface area (Å²) in [5.74, 6) is -1.30. The fraction of sp³-hybridized carbons (Fsp3) is 0.0833. The van der Waals surface area contributed by atoms with Gasteiger partial charge in [-0.2, -0.15) is 13.2 Å². The zero-order valence-corrected chi connectivity index (χ0v) is 20.1. The van der Waals surface area contributed by atoms with Gasteiger partial charge in [-0.1, -0.05) is 41.4 Å². The molecule has 1 aromatic heterocycles. The van der Waals surface area contributed by atoms with Crippen LogP contribution in [0.15, 0.2) is 60.0 Å². The van der Waals surface area contributed by atoms with Crippen LogP contribution >= 0.6 is 34.5 Å². The Kier molecular flexibility index (Phi) is 7.05. The third-order valence-electron chi connectivity index (χ3n) is 5.07. The van der Waals surface area contributed by atoms with Crippen molar-refractivity contribution < 1.29 is 27.9 Å². The standard InChI is InChI=1S/C24H15Cl2F3N2O3S/c1-34-31-20-7-4-14(24(27,28)29)10-16(20)15-5-2-13(8-17(15)23(32)33)22-30-21(11-35-22)12-3-6-18(25)19(26)9-12/h2-11,31H,1H3,(H,32,33). The molecule has 0 aliphatic heterocycles. The van der Waals surface area contributed by atoms with Crippen molar-refractivity contribution >= 4 is 46.2 Å². The number of halogens is 5. The smallest absolute Gasteiger partial charge is 0.416 e. The van der Waals surface area contributed by atoms with E-state index in [0.717, 1.165) is 17.7 Å². The lowest BCUT2D eigenvalue weighted by molar-refractivity contribution is -0.137. The normalized spacial score (nSPS) is 11.5. The molecular formula is C24H15Cl2F3N2O3S. The monoisotopic (exact) mass is 538 g/mol. The molecule has 5 nitrogen and oxygen atoms in total. The average Bonchev–Trinajstić information content (AvgIpc) is 3.30. The van der Waals surface area contributed by atoms with E-state index in [9.17, 15) is 23.1 Å². The van der Waals surface area contributed by atoms with Crippen molar-refractivity contribution in [1.82, 2.24) is 4.98 Å². The molecule has 1 heterocycles. The maximum absolute atomic E-state index is 13.3. The van der Waals surface area contributed by atoms with Gasteiger partial charge in [-0.15, -0.1) is 11.3 Å². The van der Waals surface area contributed by atoms with Gasteiger partial charge in [0.25, 0.3) is 0 Å². The van der Waals surface area contributed by atoms with Crippen LogP contribution in [0.3, 0.4) is 0 Å². The van der Waals surface area contributed by atoms with Crippen molar-refractivity contribution in [2.45, 2.75) is 6.18 Å². The van der Waals surface area contributed by atoms with Gasteiger partial charge in [0.1, 0.15) is 5.01 Å². The molecule has 0 radical (unpaired) electrons. The van der Waals surface area contributed by atoms with E-state index in [2.05, 4.69) is 10.5 Å². The minimum Gasteiger partial charge on any atom is -0.478 e. The molecule has 0 saturated heterocycles. The molecule has 0 aliphatic rings. The van der Waals surface area contributed by atoms with Gasteiger partial charge < -0.3 is 5.11 Å². The predicted molar refractivity (Wildman–Crippen MR) is 131 cm³/mol. The molecule has 0 atom stereocenters. The van der Waals surface area contributed by atoms with E-state index in [4.69, 9.17) is 28.0 Å². The lowest BCUT2D eigenvalue weighted by Crippen LogP contribution is -2.08. The second-order valence-corrected chi connectivity index (χ2v) is 8.97. The summed E-state index contributed by atoms with van der Waals surface area (Å²) in [6, 6.07) is 12.5. The van der Waals surface area contributed by atoms with Crippen molar-refractivity contribution in [3.8, 4) is 33.0 Å². The number of carbonyl (C=O) groups is 1. The van der Waals surface area contributed by atoms with Crippen LogP contribution in [0.2, 0.25) is 10.0 Å². The second kappa shape index (κ2) is 9.87. The van der Waals surface area contributed by atoms with Crippen LogP contribution in [0, 0.1) is 0 Å². The van der Waals surface area contributed by atoms with Crippen molar-refractivity contribution in [1.29, 1.82) is 0 Å². The lowest BCUT2D eigenvalue weighted by Gasteiger charge is -2.16. The lowest BCUT2D eigenvalue weighted by atomic mass is 9.94. The molecule has 4 aromatic rings. The number of benzene rings is 3. The van der Waals surface area contributed by atoms with Gasteiger partial charge in [0.15, 0.2) is 0 Å². The highest BCUT2D eigenvalue weighted by atomic mass is 35.5. The maximum atomic E-state index is 13.3. The molecule has 0 spiro atoms. The van der Waals surface area contributed by atoms with E-state index in [-0.39, 0.29) is 22.4 Å².